The monoisotopic (exact) mass is 378 g/mol. The average molecular weight is 378 g/mol. The van der Waals surface area contributed by atoms with Crippen LogP contribution in [0.4, 0.5) is 0 Å². The van der Waals surface area contributed by atoms with Crippen LogP contribution in [0.2, 0.25) is 0 Å². The lowest BCUT2D eigenvalue weighted by Crippen LogP contribution is -2.50. The summed E-state index contributed by atoms with van der Waals surface area (Å²) in [4.78, 5) is 26.2. The number of rotatable bonds is 6. The van der Waals surface area contributed by atoms with Gasteiger partial charge in [0, 0.05) is 37.8 Å². The predicted molar refractivity (Wildman–Crippen MR) is 99.0 cm³/mol. The maximum absolute atomic E-state index is 12.6. The van der Waals surface area contributed by atoms with Crippen LogP contribution in [-0.2, 0) is 21.4 Å². The van der Waals surface area contributed by atoms with E-state index in [0.717, 1.165) is 31.5 Å². The molecule has 2 N–H and O–H groups in total. The van der Waals surface area contributed by atoms with Crippen LogP contribution < -0.4 is 5.32 Å². The molecule has 0 spiro atoms. The molecule has 1 aromatic rings. The number of aliphatic carboxylic acids is 1. The Morgan fingerprint density at radius 1 is 1.37 bits per heavy atom. The summed E-state index contributed by atoms with van der Waals surface area (Å²) < 4.78 is 7.78. The van der Waals surface area contributed by atoms with Gasteiger partial charge in [-0.15, -0.1) is 0 Å². The molecular weight excluding hydrogens is 348 g/mol. The van der Waals surface area contributed by atoms with Gasteiger partial charge in [0.25, 0.3) is 0 Å². The van der Waals surface area contributed by atoms with Crippen molar-refractivity contribution in [3.05, 3.63) is 18.0 Å². The van der Waals surface area contributed by atoms with Gasteiger partial charge in [-0.3, -0.25) is 19.2 Å². The minimum absolute atomic E-state index is 0.0517. The summed E-state index contributed by atoms with van der Waals surface area (Å²) in [5, 5.41) is 16.5. The van der Waals surface area contributed by atoms with Gasteiger partial charge in [-0.2, -0.15) is 5.10 Å². The molecule has 1 saturated heterocycles. The molecule has 8 heteroatoms. The molecule has 0 radical (unpaired) electrons. The van der Waals surface area contributed by atoms with Crippen molar-refractivity contribution in [2.75, 3.05) is 26.2 Å². The van der Waals surface area contributed by atoms with E-state index in [1.807, 2.05) is 19.4 Å². The van der Waals surface area contributed by atoms with Crippen molar-refractivity contribution in [1.29, 1.82) is 0 Å². The summed E-state index contributed by atoms with van der Waals surface area (Å²) in [5.41, 5.74) is 1.09. The van der Waals surface area contributed by atoms with Crippen molar-refractivity contribution < 1.29 is 19.4 Å². The Bertz CT molecular complexity index is 662. The molecule has 2 heterocycles. The molecule has 3 rings (SSSR count). The maximum atomic E-state index is 12.6. The molecule has 1 aliphatic heterocycles. The second-order valence-corrected chi connectivity index (χ2v) is 7.57. The Kier molecular flexibility index (Phi) is 6.49. The van der Waals surface area contributed by atoms with E-state index in [1.165, 1.54) is 0 Å². The molecule has 2 aliphatic rings. The van der Waals surface area contributed by atoms with Gasteiger partial charge in [-0.1, -0.05) is 13.3 Å². The average Bonchev–Trinajstić information content (AvgIpc) is 3.11. The van der Waals surface area contributed by atoms with Gasteiger partial charge in [0.15, 0.2) is 0 Å². The summed E-state index contributed by atoms with van der Waals surface area (Å²) in [6, 6.07) is 0.0517. The summed E-state index contributed by atoms with van der Waals surface area (Å²) in [7, 11) is 1.89. The summed E-state index contributed by atoms with van der Waals surface area (Å²) >= 11 is 0. The summed E-state index contributed by atoms with van der Waals surface area (Å²) in [6.07, 6.45) is 6.35. The van der Waals surface area contributed by atoms with Gasteiger partial charge >= 0.3 is 5.97 Å². The number of nitrogens with zero attached hydrogens (tertiary/aromatic N) is 3. The number of aryl methyl sites for hydroxylation is 1. The van der Waals surface area contributed by atoms with Crippen LogP contribution >= 0.6 is 0 Å². The number of nitrogens with one attached hydrogen (secondary N) is 1. The number of hydrogen-bond acceptors (Lipinski definition) is 5. The van der Waals surface area contributed by atoms with Gasteiger partial charge in [0.05, 0.1) is 30.9 Å². The molecule has 8 nitrogen and oxygen atoms in total. The van der Waals surface area contributed by atoms with Crippen LogP contribution in [0.5, 0.6) is 0 Å². The number of carboxylic acid groups (broad SMARTS) is 1. The zero-order valence-corrected chi connectivity index (χ0v) is 16.1. The Labute approximate surface area is 159 Å². The van der Waals surface area contributed by atoms with Crippen LogP contribution in [-0.4, -0.2) is 64.0 Å². The van der Waals surface area contributed by atoms with E-state index in [0.29, 0.717) is 26.0 Å². The maximum Gasteiger partial charge on any atom is 0.306 e. The first-order chi connectivity index (χ1) is 13.0. The largest absolute Gasteiger partial charge is 0.481 e. The molecule has 150 valence electrons. The number of hydrogen-bond donors (Lipinski definition) is 2. The van der Waals surface area contributed by atoms with E-state index in [2.05, 4.69) is 22.2 Å². The number of morpholine rings is 1. The fourth-order valence-electron chi connectivity index (χ4n) is 4.33. The van der Waals surface area contributed by atoms with E-state index >= 15 is 0 Å². The van der Waals surface area contributed by atoms with Crippen LogP contribution in [0, 0.1) is 11.8 Å². The molecule has 27 heavy (non-hydrogen) atoms. The lowest BCUT2D eigenvalue weighted by molar-refractivity contribution is -0.144. The quantitative estimate of drug-likeness (QED) is 0.772. The lowest BCUT2D eigenvalue weighted by Gasteiger charge is -2.40. The molecule has 1 amide bonds. The summed E-state index contributed by atoms with van der Waals surface area (Å²) in [5.74, 6) is -1.47. The van der Waals surface area contributed by atoms with Gasteiger partial charge in [0.1, 0.15) is 0 Å². The molecule has 0 aromatic carbocycles. The van der Waals surface area contributed by atoms with E-state index < -0.39 is 11.9 Å². The highest BCUT2D eigenvalue weighted by Gasteiger charge is 2.35. The van der Waals surface area contributed by atoms with E-state index in [1.54, 1.807) is 4.68 Å². The Balaban J connectivity index is 1.62. The van der Waals surface area contributed by atoms with Crippen molar-refractivity contribution in [1.82, 2.24) is 20.0 Å². The summed E-state index contributed by atoms with van der Waals surface area (Å²) in [6.45, 7) is 4.93. The second kappa shape index (κ2) is 8.84. The zero-order valence-electron chi connectivity index (χ0n) is 16.1. The molecule has 2 unspecified atom stereocenters. The zero-order chi connectivity index (χ0) is 19.4. The molecule has 4 atom stereocenters. The number of ether oxygens (including phenoxy) is 1. The Morgan fingerprint density at radius 2 is 2.15 bits per heavy atom. The molecule has 1 aromatic heterocycles. The SMILES string of the molecule is CCN1CCO[C@@H](CNC(=O)C2CCCC(C(=O)O)C2)[C@@H]1c1cnn(C)c1. The number of carbonyl (C=O) groups excluding carboxylic acids is 1. The van der Waals surface area contributed by atoms with E-state index in [9.17, 15) is 14.7 Å². The molecule has 1 saturated carbocycles. The fraction of sp³-hybridized carbons (Fsp3) is 0.737. The number of likely N-dealkylation sites (N-methyl/N-ethyl adjacent to an activating group) is 1. The first-order valence-electron chi connectivity index (χ1n) is 9.84. The van der Waals surface area contributed by atoms with Gasteiger partial charge in [-0.05, 0) is 25.8 Å². The number of carboxylic acids is 1. The number of carbonyl (C=O) groups is 2. The smallest absolute Gasteiger partial charge is 0.306 e. The first kappa shape index (κ1) is 19.8. The predicted octanol–water partition coefficient (Wildman–Crippen LogP) is 1.19. The standard InChI is InChI=1S/C19H30N4O4/c1-3-23-7-8-27-16(17(23)15-10-21-22(2)12-15)11-20-18(24)13-5-4-6-14(9-13)19(25)26/h10,12-14,16-17H,3-9,11H2,1-2H3,(H,20,24)(H,25,26)/t13?,14?,16-,17-/m0/s1. The van der Waals surface area contributed by atoms with Crippen LogP contribution in [0.3, 0.4) is 0 Å². The first-order valence-corrected chi connectivity index (χ1v) is 9.84. The van der Waals surface area contributed by atoms with E-state index in [-0.39, 0.29) is 24.0 Å². The third kappa shape index (κ3) is 4.68. The fourth-order valence-corrected chi connectivity index (χ4v) is 4.33. The van der Waals surface area contributed by atoms with Gasteiger partial charge < -0.3 is 15.2 Å². The third-order valence-electron chi connectivity index (χ3n) is 5.80. The van der Waals surface area contributed by atoms with Gasteiger partial charge in [0.2, 0.25) is 5.91 Å². The minimum atomic E-state index is -0.793. The van der Waals surface area contributed by atoms with Crippen molar-refractivity contribution >= 4 is 11.9 Å². The highest BCUT2D eigenvalue weighted by molar-refractivity contribution is 5.80. The Morgan fingerprint density at radius 3 is 2.81 bits per heavy atom. The highest BCUT2D eigenvalue weighted by Crippen LogP contribution is 2.31. The molecular formula is C19H30N4O4. The highest BCUT2D eigenvalue weighted by atomic mass is 16.5. The van der Waals surface area contributed by atoms with Crippen molar-refractivity contribution in [3.63, 3.8) is 0 Å². The van der Waals surface area contributed by atoms with Crippen molar-refractivity contribution in [3.8, 4) is 0 Å². The van der Waals surface area contributed by atoms with Crippen LogP contribution in [0.25, 0.3) is 0 Å². The molecule has 2 fully saturated rings. The number of aromatic nitrogens is 2. The molecule has 1 aliphatic carbocycles. The normalized spacial score (nSPS) is 29.4. The van der Waals surface area contributed by atoms with Crippen LogP contribution in [0.15, 0.2) is 12.4 Å². The van der Waals surface area contributed by atoms with Crippen molar-refractivity contribution in [2.45, 2.75) is 44.8 Å². The Hall–Kier alpha value is -1.93. The van der Waals surface area contributed by atoms with E-state index in [4.69, 9.17) is 4.74 Å². The lowest BCUT2D eigenvalue weighted by atomic mass is 9.81. The second-order valence-electron chi connectivity index (χ2n) is 7.57. The van der Waals surface area contributed by atoms with Gasteiger partial charge in [-0.25, -0.2) is 0 Å². The molecule has 0 bridgehead atoms. The number of amides is 1. The topological polar surface area (TPSA) is 96.7 Å². The minimum Gasteiger partial charge on any atom is -0.481 e. The third-order valence-corrected chi connectivity index (χ3v) is 5.80. The van der Waals surface area contributed by atoms with Crippen molar-refractivity contribution in [2.24, 2.45) is 18.9 Å². The van der Waals surface area contributed by atoms with Crippen LogP contribution in [0.1, 0.15) is 44.2 Å².